The third-order valence-corrected chi connectivity index (χ3v) is 2.28. The van der Waals surface area contributed by atoms with Crippen molar-refractivity contribution in [2.24, 2.45) is 5.92 Å². The van der Waals surface area contributed by atoms with E-state index in [1.54, 1.807) is 0 Å². The fraction of sp³-hybridized carbons (Fsp3) is 1.00. The van der Waals surface area contributed by atoms with Crippen LogP contribution in [0.25, 0.3) is 0 Å². The maximum Gasteiger partial charge on any atom is 0.0434 e. The van der Waals surface area contributed by atoms with E-state index in [1.165, 1.54) is 0 Å². The standard InChI is InChI=1S/C10H24N2O/c1-4-10(5-8-13)9-11-6-7-12(2)3/h10-11,13H,4-9H2,1-3H3. The van der Waals surface area contributed by atoms with Gasteiger partial charge in [0, 0.05) is 19.7 Å². The van der Waals surface area contributed by atoms with Crippen LogP contribution in [-0.2, 0) is 0 Å². The summed E-state index contributed by atoms with van der Waals surface area (Å²) in [4.78, 5) is 2.17. The number of likely N-dealkylation sites (N-methyl/N-ethyl adjacent to an activating group) is 1. The lowest BCUT2D eigenvalue weighted by molar-refractivity contribution is 0.250. The molecule has 3 nitrogen and oxygen atoms in total. The van der Waals surface area contributed by atoms with Gasteiger partial charge in [0.15, 0.2) is 0 Å². The van der Waals surface area contributed by atoms with Gasteiger partial charge in [-0.3, -0.25) is 0 Å². The largest absolute Gasteiger partial charge is 0.396 e. The number of nitrogens with zero attached hydrogens (tertiary/aromatic N) is 1. The van der Waals surface area contributed by atoms with Crippen LogP contribution in [0.15, 0.2) is 0 Å². The third kappa shape index (κ3) is 8.22. The fourth-order valence-electron chi connectivity index (χ4n) is 1.24. The molecule has 1 unspecified atom stereocenters. The van der Waals surface area contributed by atoms with Crippen molar-refractivity contribution >= 4 is 0 Å². The first-order chi connectivity index (χ1) is 6.20. The molecule has 0 rings (SSSR count). The average molecular weight is 188 g/mol. The van der Waals surface area contributed by atoms with Crippen molar-refractivity contribution in [1.29, 1.82) is 0 Å². The maximum absolute atomic E-state index is 8.78. The summed E-state index contributed by atoms with van der Waals surface area (Å²) in [5.74, 6) is 0.632. The number of aliphatic hydroxyl groups excluding tert-OH is 1. The van der Waals surface area contributed by atoms with Crippen molar-refractivity contribution in [2.75, 3.05) is 40.3 Å². The van der Waals surface area contributed by atoms with Crippen LogP contribution in [0.5, 0.6) is 0 Å². The number of aliphatic hydroxyl groups is 1. The first kappa shape index (κ1) is 12.9. The number of rotatable bonds is 8. The van der Waals surface area contributed by atoms with Crippen LogP contribution in [-0.4, -0.2) is 50.3 Å². The van der Waals surface area contributed by atoms with E-state index in [1.807, 2.05) is 0 Å². The highest BCUT2D eigenvalue weighted by Gasteiger charge is 2.03. The molecule has 0 radical (unpaired) electrons. The molecular formula is C10H24N2O. The topological polar surface area (TPSA) is 35.5 Å². The second kappa shape index (κ2) is 8.48. The highest BCUT2D eigenvalue weighted by atomic mass is 16.3. The van der Waals surface area contributed by atoms with Crippen molar-refractivity contribution in [3.05, 3.63) is 0 Å². The summed E-state index contributed by atoms with van der Waals surface area (Å²) in [5.41, 5.74) is 0. The zero-order valence-electron chi connectivity index (χ0n) is 9.21. The molecule has 0 aromatic rings. The monoisotopic (exact) mass is 188 g/mol. The molecule has 3 heteroatoms. The van der Waals surface area contributed by atoms with Crippen molar-refractivity contribution in [3.63, 3.8) is 0 Å². The quantitative estimate of drug-likeness (QED) is 0.546. The van der Waals surface area contributed by atoms with E-state index in [0.29, 0.717) is 12.5 Å². The molecule has 0 fully saturated rings. The van der Waals surface area contributed by atoms with Gasteiger partial charge in [-0.2, -0.15) is 0 Å². The van der Waals surface area contributed by atoms with Crippen molar-refractivity contribution in [3.8, 4) is 0 Å². The minimum absolute atomic E-state index is 0.313. The predicted molar refractivity (Wildman–Crippen MR) is 56.9 cm³/mol. The van der Waals surface area contributed by atoms with Gasteiger partial charge in [0.1, 0.15) is 0 Å². The van der Waals surface area contributed by atoms with Gasteiger partial charge in [0.05, 0.1) is 0 Å². The second-order valence-corrected chi connectivity index (χ2v) is 3.79. The summed E-state index contributed by atoms with van der Waals surface area (Å²) in [6.07, 6.45) is 2.07. The molecule has 0 aromatic carbocycles. The molecule has 13 heavy (non-hydrogen) atoms. The van der Waals surface area contributed by atoms with Crippen LogP contribution < -0.4 is 5.32 Å². The number of nitrogens with one attached hydrogen (secondary N) is 1. The third-order valence-electron chi connectivity index (χ3n) is 2.28. The molecule has 0 amide bonds. The summed E-state index contributed by atoms with van der Waals surface area (Å²) < 4.78 is 0. The SMILES string of the molecule is CCC(CCO)CNCCN(C)C. The zero-order valence-corrected chi connectivity index (χ0v) is 9.21. The van der Waals surface area contributed by atoms with Crippen LogP contribution in [0.4, 0.5) is 0 Å². The lowest BCUT2D eigenvalue weighted by Crippen LogP contribution is -2.30. The van der Waals surface area contributed by atoms with E-state index in [4.69, 9.17) is 5.11 Å². The Labute approximate surface area is 82.1 Å². The number of hydrogen-bond donors (Lipinski definition) is 2. The molecule has 0 aromatic heterocycles. The van der Waals surface area contributed by atoms with Crippen LogP contribution in [0, 0.1) is 5.92 Å². The van der Waals surface area contributed by atoms with Crippen molar-refractivity contribution < 1.29 is 5.11 Å². The van der Waals surface area contributed by atoms with E-state index in [-0.39, 0.29) is 0 Å². The Hall–Kier alpha value is -0.120. The summed E-state index contributed by atoms with van der Waals surface area (Å²) in [6.45, 7) is 5.64. The summed E-state index contributed by atoms with van der Waals surface area (Å²) >= 11 is 0. The minimum Gasteiger partial charge on any atom is -0.396 e. The first-order valence-corrected chi connectivity index (χ1v) is 5.17. The van der Waals surface area contributed by atoms with Gasteiger partial charge in [0.2, 0.25) is 0 Å². The van der Waals surface area contributed by atoms with Crippen LogP contribution in [0.2, 0.25) is 0 Å². The smallest absolute Gasteiger partial charge is 0.0434 e. The van der Waals surface area contributed by atoms with Gasteiger partial charge in [-0.15, -0.1) is 0 Å². The lowest BCUT2D eigenvalue weighted by Gasteiger charge is -2.15. The van der Waals surface area contributed by atoms with E-state index < -0.39 is 0 Å². The van der Waals surface area contributed by atoms with E-state index >= 15 is 0 Å². The van der Waals surface area contributed by atoms with E-state index in [9.17, 15) is 0 Å². The van der Waals surface area contributed by atoms with Crippen molar-refractivity contribution in [2.45, 2.75) is 19.8 Å². The molecule has 2 N–H and O–H groups in total. The normalized spacial score (nSPS) is 13.6. The van der Waals surface area contributed by atoms with Gasteiger partial charge in [-0.1, -0.05) is 13.3 Å². The Balaban J connectivity index is 3.27. The highest BCUT2D eigenvalue weighted by molar-refractivity contribution is 4.60. The Morgan fingerprint density at radius 2 is 2.08 bits per heavy atom. The number of hydrogen-bond acceptors (Lipinski definition) is 3. The molecule has 80 valence electrons. The molecule has 0 saturated carbocycles. The minimum atomic E-state index is 0.313. The summed E-state index contributed by atoms with van der Waals surface area (Å²) in [6, 6.07) is 0. The molecule has 0 spiro atoms. The Kier molecular flexibility index (Phi) is 8.40. The summed E-state index contributed by atoms with van der Waals surface area (Å²) in [5, 5.41) is 12.2. The lowest BCUT2D eigenvalue weighted by atomic mass is 10.0. The maximum atomic E-state index is 8.78. The van der Waals surface area contributed by atoms with Gasteiger partial charge in [-0.25, -0.2) is 0 Å². The Morgan fingerprint density at radius 3 is 2.54 bits per heavy atom. The van der Waals surface area contributed by atoms with Crippen LogP contribution >= 0.6 is 0 Å². The van der Waals surface area contributed by atoms with Crippen LogP contribution in [0.1, 0.15) is 19.8 Å². The molecule has 1 atom stereocenters. The molecule has 0 saturated heterocycles. The highest BCUT2D eigenvalue weighted by Crippen LogP contribution is 2.04. The molecule has 0 aliphatic rings. The fourth-order valence-corrected chi connectivity index (χ4v) is 1.24. The van der Waals surface area contributed by atoms with Crippen molar-refractivity contribution in [1.82, 2.24) is 10.2 Å². The predicted octanol–water partition coefficient (Wildman–Crippen LogP) is 0.546. The molecule has 0 bridgehead atoms. The Bertz CT molecular complexity index is 107. The first-order valence-electron chi connectivity index (χ1n) is 5.17. The van der Waals surface area contributed by atoms with Gasteiger partial charge in [0.25, 0.3) is 0 Å². The molecule has 0 heterocycles. The second-order valence-electron chi connectivity index (χ2n) is 3.79. The summed E-state index contributed by atoms with van der Waals surface area (Å²) in [7, 11) is 4.15. The average Bonchev–Trinajstić information content (AvgIpc) is 2.10. The van der Waals surface area contributed by atoms with E-state index in [2.05, 4.69) is 31.2 Å². The van der Waals surface area contributed by atoms with Crippen LogP contribution in [0.3, 0.4) is 0 Å². The zero-order chi connectivity index (χ0) is 10.1. The Morgan fingerprint density at radius 1 is 1.38 bits per heavy atom. The van der Waals surface area contributed by atoms with Gasteiger partial charge >= 0.3 is 0 Å². The van der Waals surface area contributed by atoms with Gasteiger partial charge < -0.3 is 15.3 Å². The van der Waals surface area contributed by atoms with E-state index in [0.717, 1.165) is 32.5 Å². The molecule has 0 aliphatic heterocycles. The van der Waals surface area contributed by atoms with Gasteiger partial charge in [-0.05, 0) is 33.0 Å². The molecular weight excluding hydrogens is 164 g/mol. The molecule has 0 aliphatic carbocycles.